The third-order valence-electron chi connectivity index (χ3n) is 1.90. The third kappa shape index (κ3) is 2.15. The van der Waals surface area contributed by atoms with Crippen LogP contribution in [0.3, 0.4) is 0 Å². The van der Waals surface area contributed by atoms with Gasteiger partial charge in [0.15, 0.2) is 0 Å². The van der Waals surface area contributed by atoms with E-state index in [-0.39, 0.29) is 12.6 Å². The van der Waals surface area contributed by atoms with Gasteiger partial charge in [0.25, 0.3) is 0 Å². The largest absolute Gasteiger partial charge is 0.396 e. The highest BCUT2D eigenvalue weighted by molar-refractivity contribution is 8.00. The van der Waals surface area contributed by atoms with Crippen LogP contribution in [-0.4, -0.2) is 28.8 Å². The van der Waals surface area contributed by atoms with E-state index in [9.17, 15) is 0 Å². The van der Waals surface area contributed by atoms with Gasteiger partial charge in [-0.3, -0.25) is 0 Å². The molecule has 1 fully saturated rings. The Morgan fingerprint density at radius 1 is 1.70 bits per heavy atom. The molecule has 1 aliphatic heterocycles. The van der Waals surface area contributed by atoms with Crippen LogP contribution in [0.2, 0.25) is 0 Å². The first-order chi connectivity index (χ1) is 4.84. The van der Waals surface area contributed by atoms with Gasteiger partial charge in [-0.15, -0.1) is 0 Å². The Morgan fingerprint density at radius 2 is 2.50 bits per heavy atom. The summed E-state index contributed by atoms with van der Waals surface area (Å²) in [5.41, 5.74) is 5.81. The molecular formula is C7H15NOS. The van der Waals surface area contributed by atoms with Crippen molar-refractivity contribution >= 4 is 11.8 Å². The highest BCUT2D eigenvalue weighted by Crippen LogP contribution is 2.28. The second kappa shape index (κ2) is 4.21. The molecule has 0 aliphatic carbocycles. The normalized spacial score (nSPS) is 28.8. The molecule has 60 valence electrons. The van der Waals surface area contributed by atoms with Crippen LogP contribution in [0.4, 0.5) is 0 Å². The number of aliphatic hydroxyl groups excluding tert-OH is 1. The molecule has 2 nitrogen and oxygen atoms in total. The molecule has 1 aliphatic rings. The highest BCUT2D eigenvalue weighted by atomic mass is 32.2. The fourth-order valence-corrected chi connectivity index (χ4v) is 2.63. The molecule has 0 bridgehead atoms. The van der Waals surface area contributed by atoms with Crippen LogP contribution in [0, 0.1) is 0 Å². The summed E-state index contributed by atoms with van der Waals surface area (Å²) in [5.74, 6) is 1.25. The fourth-order valence-electron chi connectivity index (χ4n) is 1.28. The summed E-state index contributed by atoms with van der Waals surface area (Å²) in [7, 11) is 0. The van der Waals surface area contributed by atoms with Gasteiger partial charge < -0.3 is 10.8 Å². The molecule has 0 amide bonds. The first-order valence-electron chi connectivity index (χ1n) is 3.82. The lowest BCUT2D eigenvalue weighted by atomic mass is 10.1. The minimum absolute atomic E-state index is 0.220. The lowest BCUT2D eigenvalue weighted by Gasteiger charge is -2.16. The number of hydrogen-bond acceptors (Lipinski definition) is 3. The van der Waals surface area contributed by atoms with Crippen molar-refractivity contribution in [3.8, 4) is 0 Å². The Bertz CT molecular complexity index is 93.6. The quantitative estimate of drug-likeness (QED) is 0.637. The average Bonchev–Trinajstić information content (AvgIpc) is 2.38. The smallest absolute Gasteiger partial charge is 0.0446 e. The second-order valence-corrected chi connectivity index (χ2v) is 4.07. The molecule has 0 aromatic rings. The minimum atomic E-state index is 0.220. The van der Waals surface area contributed by atoms with E-state index >= 15 is 0 Å². The van der Waals surface area contributed by atoms with Crippen LogP contribution in [-0.2, 0) is 0 Å². The van der Waals surface area contributed by atoms with Crippen molar-refractivity contribution < 1.29 is 5.11 Å². The summed E-state index contributed by atoms with van der Waals surface area (Å²) in [6, 6.07) is 0.220. The average molecular weight is 161 g/mol. The van der Waals surface area contributed by atoms with Gasteiger partial charge in [-0.25, -0.2) is 0 Å². The second-order valence-electron chi connectivity index (χ2n) is 2.73. The summed E-state index contributed by atoms with van der Waals surface area (Å²) < 4.78 is 0. The molecule has 2 unspecified atom stereocenters. The molecular weight excluding hydrogens is 146 g/mol. The lowest BCUT2D eigenvalue weighted by Crippen LogP contribution is -2.31. The maximum absolute atomic E-state index is 8.61. The Hall–Kier alpha value is 0.270. The van der Waals surface area contributed by atoms with E-state index in [0.717, 1.165) is 6.42 Å². The van der Waals surface area contributed by atoms with Crippen molar-refractivity contribution in [1.29, 1.82) is 0 Å². The zero-order valence-electron chi connectivity index (χ0n) is 6.12. The molecule has 3 heteroatoms. The molecule has 0 aromatic carbocycles. The molecule has 0 aromatic heterocycles. The van der Waals surface area contributed by atoms with Crippen LogP contribution in [0.15, 0.2) is 0 Å². The molecule has 0 radical (unpaired) electrons. The van der Waals surface area contributed by atoms with E-state index in [1.54, 1.807) is 0 Å². The van der Waals surface area contributed by atoms with Crippen LogP contribution < -0.4 is 5.73 Å². The third-order valence-corrected chi connectivity index (χ3v) is 3.44. The molecule has 2 atom stereocenters. The summed E-state index contributed by atoms with van der Waals surface area (Å²) in [4.78, 5) is 0. The summed E-state index contributed by atoms with van der Waals surface area (Å²) in [5, 5.41) is 9.23. The van der Waals surface area contributed by atoms with Crippen LogP contribution in [0.1, 0.15) is 19.3 Å². The van der Waals surface area contributed by atoms with Gasteiger partial charge in [0, 0.05) is 17.9 Å². The zero-order valence-corrected chi connectivity index (χ0v) is 6.94. The van der Waals surface area contributed by atoms with Gasteiger partial charge in [-0.2, -0.15) is 11.8 Å². The summed E-state index contributed by atoms with van der Waals surface area (Å²) in [6.07, 6.45) is 3.30. The van der Waals surface area contributed by atoms with E-state index in [1.165, 1.54) is 18.6 Å². The first kappa shape index (κ1) is 8.37. The SMILES string of the molecule is NC(CCO)C1CCCS1. The maximum atomic E-state index is 8.61. The van der Waals surface area contributed by atoms with E-state index in [2.05, 4.69) is 0 Å². The van der Waals surface area contributed by atoms with E-state index in [1.807, 2.05) is 11.8 Å². The van der Waals surface area contributed by atoms with Crippen molar-refractivity contribution in [1.82, 2.24) is 0 Å². The van der Waals surface area contributed by atoms with Gasteiger partial charge in [0.05, 0.1) is 0 Å². The van der Waals surface area contributed by atoms with Crippen molar-refractivity contribution in [3.05, 3.63) is 0 Å². The maximum Gasteiger partial charge on any atom is 0.0446 e. The van der Waals surface area contributed by atoms with Crippen molar-refractivity contribution in [2.24, 2.45) is 5.73 Å². The van der Waals surface area contributed by atoms with Crippen LogP contribution in [0.5, 0.6) is 0 Å². The first-order valence-corrected chi connectivity index (χ1v) is 4.87. The number of hydrogen-bond donors (Lipinski definition) is 2. The molecule has 0 saturated carbocycles. The summed E-state index contributed by atoms with van der Waals surface area (Å²) >= 11 is 1.95. The Labute approximate surface area is 66.2 Å². The molecule has 10 heavy (non-hydrogen) atoms. The number of aliphatic hydroxyl groups is 1. The molecule has 1 rings (SSSR count). The van der Waals surface area contributed by atoms with Gasteiger partial charge >= 0.3 is 0 Å². The molecule has 1 saturated heterocycles. The highest BCUT2D eigenvalue weighted by Gasteiger charge is 2.21. The van der Waals surface area contributed by atoms with E-state index in [0.29, 0.717) is 5.25 Å². The number of thioether (sulfide) groups is 1. The van der Waals surface area contributed by atoms with Gasteiger partial charge in [-0.1, -0.05) is 0 Å². The van der Waals surface area contributed by atoms with Crippen LogP contribution >= 0.6 is 11.8 Å². The van der Waals surface area contributed by atoms with E-state index in [4.69, 9.17) is 10.8 Å². The molecule has 0 spiro atoms. The number of rotatable bonds is 3. The molecule has 1 heterocycles. The Morgan fingerprint density at radius 3 is 3.00 bits per heavy atom. The van der Waals surface area contributed by atoms with Crippen molar-refractivity contribution in [2.75, 3.05) is 12.4 Å². The Balaban J connectivity index is 2.18. The summed E-state index contributed by atoms with van der Waals surface area (Å²) in [6.45, 7) is 0.234. The Kier molecular flexibility index (Phi) is 3.52. The van der Waals surface area contributed by atoms with Gasteiger partial charge in [0.1, 0.15) is 0 Å². The topological polar surface area (TPSA) is 46.2 Å². The zero-order chi connectivity index (χ0) is 7.40. The van der Waals surface area contributed by atoms with Gasteiger partial charge in [0.2, 0.25) is 0 Å². The van der Waals surface area contributed by atoms with Crippen molar-refractivity contribution in [2.45, 2.75) is 30.6 Å². The van der Waals surface area contributed by atoms with Gasteiger partial charge in [-0.05, 0) is 25.0 Å². The van der Waals surface area contributed by atoms with Crippen LogP contribution in [0.25, 0.3) is 0 Å². The predicted octanol–water partition coefficient (Wildman–Crippen LogP) is 0.592. The van der Waals surface area contributed by atoms with Crippen molar-refractivity contribution in [3.63, 3.8) is 0 Å². The minimum Gasteiger partial charge on any atom is -0.396 e. The monoisotopic (exact) mass is 161 g/mol. The standard InChI is InChI=1S/C7H15NOS/c8-6(3-4-9)7-2-1-5-10-7/h6-7,9H,1-5,8H2. The van der Waals surface area contributed by atoms with E-state index < -0.39 is 0 Å². The molecule has 3 N–H and O–H groups in total. The lowest BCUT2D eigenvalue weighted by molar-refractivity contribution is 0.274. The number of nitrogens with two attached hydrogens (primary N) is 1. The fraction of sp³-hybridized carbons (Fsp3) is 1.00. The predicted molar refractivity (Wildman–Crippen MR) is 45.2 cm³/mol.